The molecule has 1 aliphatic heterocycles. The summed E-state index contributed by atoms with van der Waals surface area (Å²) in [6.07, 6.45) is 6.07. The second-order valence-corrected chi connectivity index (χ2v) is 4.74. The van der Waals surface area contributed by atoms with Gasteiger partial charge in [0.25, 0.3) is 0 Å². The van der Waals surface area contributed by atoms with E-state index in [1.165, 1.54) is 5.57 Å². The number of hydrogen-bond donors (Lipinski definition) is 1. The molecule has 0 aromatic rings. The first-order chi connectivity index (χ1) is 7.01. The zero-order valence-corrected chi connectivity index (χ0v) is 9.53. The van der Waals surface area contributed by atoms with Crippen molar-refractivity contribution in [1.82, 2.24) is 0 Å². The summed E-state index contributed by atoms with van der Waals surface area (Å²) in [5, 5.41) is 9.54. The maximum atomic E-state index is 10.5. The number of rotatable bonds is 5. The van der Waals surface area contributed by atoms with E-state index in [9.17, 15) is 9.90 Å². The molecule has 0 aromatic heterocycles. The van der Waals surface area contributed by atoms with Gasteiger partial charge in [0.2, 0.25) is 0 Å². The fourth-order valence-electron chi connectivity index (χ4n) is 1.73. The molecule has 0 bridgehead atoms. The predicted octanol–water partition coefficient (Wildman–Crippen LogP) is 1.84. The van der Waals surface area contributed by atoms with Gasteiger partial charge in [-0.2, -0.15) is 0 Å². The number of hydrogen-bond acceptors (Lipinski definition) is 3. The SMILES string of the molecule is CC(C)(O)CCCC1=CCO[C@@H](C=O)C1. The Bertz CT molecular complexity index is 238. The maximum Gasteiger partial charge on any atom is 0.149 e. The molecule has 1 aliphatic rings. The van der Waals surface area contributed by atoms with Crippen molar-refractivity contribution >= 4 is 6.29 Å². The fourth-order valence-corrected chi connectivity index (χ4v) is 1.73. The summed E-state index contributed by atoms with van der Waals surface area (Å²) in [4.78, 5) is 10.5. The van der Waals surface area contributed by atoms with E-state index in [2.05, 4.69) is 0 Å². The molecule has 1 rings (SSSR count). The molecule has 3 heteroatoms. The third-order valence-corrected chi connectivity index (χ3v) is 2.58. The fraction of sp³-hybridized carbons (Fsp3) is 0.750. The molecule has 15 heavy (non-hydrogen) atoms. The lowest BCUT2D eigenvalue weighted by molar-refractivity contribution is -0.117. The van der Waals surface area contributed by atoms with Gasteiger partial charge < -0.3 is 14.6 Å². The van der Waals surface area contributed by atoms with Crippen LogP contribution in [0.15, 0.2) is 11.6 Å². The van der Waals surface area contributed by atoms with Crippen molar-refractivity contribution < 1.29 is 14.6 Å². The van der Waals surface area contributed by atoms with Crippen LogP contribution in [0.25, 0.3) is 0 Å². The standard InChI is InChI=1S/C12H20O3/c1-12(2,14)6-3-4-10-5-7-15-11(8-10)9-13/h5,9,11,14H,3-4,6-8H2,1-2H3/t11-/m1/s1. The van der Waals surface area contributed by atoms with Crippen molar-refractivity contribution in [3.63, 3.8) is 0 Å². The van der Waals surface area contributed by atoms with Crippen LogP contribution in [-0.2, 0) is 9.53 Å². The molecule has 0 aliphatic carbocycles. The van der Waals surface area contributed by atoms with E-state index in [4.69, 9.17) is 4.74 Å². The van der Waals surface area contributed by atoms with Crippen LogP contribution in [0.4, 0.5) is 0 Å². The molecule has 0 saturated heterocycles. The predicted molar refractivity (Wildman–Crippen MR) is 58.7 cm³/mol. The second-order valence-electron chi connectivity index (χ2n) is 4.74. The van der Waals surface area contributed by atoms with Crippen LogP contribution in [0.2, 0.25) is 0 Å². The number of aliphatic hydroxyl groups is 1. The van der Waals surface area contributed by atoms with Gasteiger partial charge in [0.05, 0.1) is 12.2 Å². The first-order valence-corrected chi connectivity index (χ1v) is 5.48. The zero-order chi connectivity index (χ0) is 11.3. The summed E-state index contributed by atoms with van der Waals surface area (Å²) in [6, 6.07) is 0. The third kappa shape index (κ3) is 5.09. The van der Waals surface area contributed by atoms with Crippen LogP contribution in [0.5, 0.6) is 0 Å². The lowest BCUT2D eigenvalue weighted by Gasteiger charge is -2.21. The molecular formula is C12H20O3. The minimum atomic E-state index is -0.588. The first kappa shape index (κ1) is 12.4. The van der Waals surface area contributed by atoms with E-state index in [1.54, 1.807) is 0 Å². The van der Waals surface area contributed by atoms with Crippen molar-refractivity contribution in [2.75, 3.05) is 6.61 Å². The normalized spacial score (nSPS) is 22.3. The Balaban J connectivity index is 2.27. The molecular weight excluding hydrogens is 192 g/mol. The number of ether oxygens (including phenoxy) is 1. The van der Waals surface area contributed by atoms with Gasteiger partial charge in [-0.05, 0) is 33.1 Å². The molecule has 0 unspecified atom stereocenters. The van der Waals surface area contributed by atoms with E-state index < -0.39 is 5.60 Å². The maximum absolute atomic E-state index is 10.5. The number of aldehydes is 1. The minimum absolute atomic E-state index is 0.257. The molecule has 86 valence electrons. The van der Waals surface area contributed by atoms with Crippen LogP contribution < -0.4 is 0 Å². The molecule has 0 aromatic carbocycles. The Labute approximate surface area is 91.1 Å². The largest absolute Gasteiger partial charge is 0.390 e. The summed E-state index contributed by atoms with van der Waals surface area (Å²) >= 11 is 0. The van der Waals surface area contributed by atoms with Crippen LogP contribution in [-0.4, -0.2) is 29.7 Å². The average Bonchev–Trinajstić information content (AvgIpc) is 2.16. The summed E-state index contributed by atoms with van der Waals surface area (Å²) in [7, 11) is 0. The van der Waals surface area contributed by atoms with Crippen molar-refractivity contribution in [3.05, 3.63) is 11.6 Å². The van der Waals surface area contributed by atoms with Crippen molar-refractivity contribution in [3.8, 4) is 0 Å². The quantitative estimate of drug-likeness (QED) is 0.558. The van der Waals surface area contributed by atoms with Crippen LogP contribution in [0, 0.1) is 0 Å². The van der Waals surface area contributed by atoms with Gasteiger partial charge in [-0.25, -0.2) is 0 Å². The monoisotopic (exact) mass is 212 g/mol. The van der Waals surface area contributed by atoms with E-state index in [-0.39, 0.29) is 6.10 Å². The van der Waals surface area contributed by atoms with Gasteiger partial charge in [0, 0.05) is 6.42 Å². The topological polar surface area (TPSA) is 46.5 Å². The molecule has 1 N–H and O–H groups in total. The summed E-state index contributed by atoms with van der Waals surface area (Å²) in [6.45, 7) is 4.18. The van der Waals surface area contributed by atoms with Crippen molar-refractivity contribution in [2.45, 2.75) is 51.2 Å². The number of carbonyl (C=O) groups excluding carboxylic acids is 1. The molecule has 0 saturated carbocycles. The van der Waals surface area contributed by atoms with E-state index >= 15 is 0 Å². The second kappa shape index (κ2) is 5.42. The highest BCUT2D eigenvalue weighted by atomic mass is 16.5. The molecule has 0 amide bonds. The van der Waals surface area contributed by atoms with Gasteiger partial charge >= 0.3 is 0 Å². The zero-order valence-electron chi connectivity index (χ0n) is 9.53. The lowest BCUT2D eigenvalue weighted by Crippen LogP contribution is -2.21. The van der Waals surface area contributed by atoms with Crippen LogP contribution >= 0.6 is 0 Å². The van der Waals surface area contributed by atoms with Gasteiger partial charge in [-0.15, -0.1) is 0 Å². The summed E-state index contributed by atoms with van der Waals surface area (Å²) in [5.41, 5.74) is 0.693. The molecule has 1 atom stereocenters. The minimum Gasteiger partial charge on any atom is -0.390 e. The summed E-state index contributed by atoms with van der Waals surface area (Å²) < 4.78 is 5.21. The molecule has 1 heterocycles. The Morgan fingerprint density at radius 3 is 3.00 bits per heavy atom. The molecule has 0 fully saturated rings. The Morgan fingerprint density at radius 2 is 2.40 bits per heavy atom. The van der Waals surface area contributed by atoms with Gasteiger partial charge in [-0.3, -0.25) is 0 Å². The Morgan fingerprint density at radius 1 is 1.67 bits per heavy atom. The van der Waals surface area contributed by atoms with Gasteiger partial charge in [0.15, 0.2) is 0 Å². The highest BCUT2D eigenvalue weighted by Gasteiger charge is 2.16. The highest BCUT2D eigenvalue weighted by Crippen LogP contribution is 2.21. The number of carbonyl (C=O) groups is 1. The molecule has 0 spiro atoms. The highest BCUT2D eigenvalue weighted by molar-refractivity contribution is 5.57. The van der Waals surface area contributed by atoms with E-state index in [0.29, 0.717) is 6.61 Å². The first-order valence-electron chi connectivity index (χ1n) is 5.48. The van der Waals surface area contributed by atoms with Gasteiger partial charge in [0.1, 0.15) is 12.4 Å². The lowest BCUT2D eigenvalue weighted by atomic mass is 9.96. The van der Waals surface area contributed by atoms with Crippen LogP contribution in [0.3, 0.4) is 0 Å². The van der Waals surface area contributed by atoms with Gasteiger partial charge in [-0.1, -0.05) is 11.6 Å². The third-order valence-electron chi connectivity index (χ3n) is 2.58. The molecule has 3 nitrogen and oxygen atoms in total. The van der Waals surface area contributed by atoms with Crippen molar-refractivity contribution in [1.29, 1.82) is 0 Å². The summed E-state index contributed by atoms with van der Waals surface area (Å²) in [5.74, 6) is 0. The molecule has 0 radical (unpaired) electrons. The van der Waals surface area contributed by atoms with E-state index in [1.807, 2.05) is 19.9 Å². The Kier molecular flexibility index (Phi) is 4.48. The average molecular weight is 212 g/mol. The van der Waals surface area contributed by atoms with Crippen LogP contribution in [0.1, 0.15) is 39.5 Å². The smallest absolute Gasteiger partial charge is 0.149 e. The Hall–Kier alpha value is -0.670. The van der Waals surface area contributed by atoms with Crippen molar-refractivity contribution in [2.24, 2.45) is 0 Å². The van der Waals surface area contributed by atoms with E-state index in [0.717, 1.165) is 32.0 Å².